The minimum Gasteiger partial charge on any atom is -0.331 e. The first kappa shape index (κ1) is 14.0. The molecule has 1 aromatic heterocycles. The molecular weight excluding hydrogens is 262 g/mol. The fourth-order valence-electron chi connectivity index (χ4n) is 2.11. The van der Waals surface area contributed by atoms with Crippen LogP contribution < -0.4 is 5.73 Å². The zero-order valence-electron chi connectivity index (χ0n) is 11.6. The van der Waals surface area contributed by atoms with E-state index in [1.54, 1.807) is 18.2 Å². The Hall–Kier alpha value is -1.40. The molecule has 6 heteroatoms. The third kappa shape index (κ3) is 2.37. The quantitative estimate of drug-likeness (QED) is 0.917. The van der Waals surface area contributed by atoms with Gasteiger partial charge in [0.2, 0.25) is 0 Å². The number of rotatable bonds is 3. The molecule has 0 atom stereocenters. The highest BCUT2D eigenvalue weighted by molar-refractivity contribution is 7.90. The summed E-state index contributed by atoms with van der Waals surface area (Å²) in [5.41, 5.74) is 7.12. The van der Waals surface area contributed by atoms with Crippen LogP contribution in [0.3, 0.4) is 0 Å². The van der Waals surface area contributed by atoms with Gasteiger partial charge in [-0.05, 0) is 18.2 Å². The summed E-state index contributed by atoms with van der Waals surface area (Å²) in [7, 11) is -1.29. The van der Waals surface area contributed by atoms with Crippen molar-refractivity contribution >= 4 is 20.9 Å². The summed E-state index contributed by atoms with van der Waals surface area (Å²) in [6, 6.07) is 5.01. The lowest BCUT2D eigenvalue weighted by atomic mass is 9.93. The zero-order valence-corrected chi connectivity index (χ0v) is 12.5. The van der Waals surface area contributed by atoms with Gasteiger partial charge in [-0.3, -0.25) is 0 Å². The van der Waals surface area contributed by atoms with Crippen molar-refractivity contribution < 1.29 is 8.42 Å². The lowest BCUT2D eigenvalue weighted by Crippen LogP contribution is -2.31. The molecule has 0 amide bonds. The Kier molecular flexibility index (Phi) is 3.18. The topological polar surface area (TPSA) is 78.0 Å². The van der Waals surface area contributed by atoms with Gasteiger partial charge in [0.05, 0.1) is 15.9 Å². The minimum atomic E-state index is -3.21. The van der Waals surface area contributed by atoms with Gasteiger partial charge in [0.15, 0.2) is 9.84 Å². The molecule has 0 unspecified atom stereocenters. The maximum Gasteiger partial charge on any atom is 0.175 e. The molecule has 0 aliphatic heterocycles. The predicted molar refractivity (Wildman–Crippen MR) is 75.9 cm³/mol. The highest BCUT2D eigenvalue weighted by Gasteiger charge is 2.25. The Morgan fingerprint density at radius 2 is 2.00 bits per heavy atom. The number of fused-ring (bicyclic) bond motifs is 1. The normalized spacial score (nSPS) is 13.1. The number of benzene rings is 1. The summed E-state index contributed by atoms with van der Waals surface area (Å²) in [4.78, 5) is 4.83. The summed E-state index contributed by atoms with van der Waals surface area (Å²) in [6.45, 7) is 4.51. The van der Waals surface area contributed by atoms with E-state index in [4.69, 9.17) is 5.73 Å². The van der Waals surface area contributed by atoms with Gasteiger partial charge in [-0.25, -0.2) is 13.4 Å². The molecule has 2 aromatic rings. The molecule has 0 fully saturated rings. The van der Waals surface area contributed by atoms with Gasteiger partial charge in [0.1, 0.15) is 5.82 Å². The number of nitrogens with zero attached hydrogens (tertiary/aromatic N) is 2. The molecule has 2 rings (SSSR count). The molecule has 2 N–H and O–H groups in total. The average molecular weight is 281 g/mol. The number of sulfone groups is 1. The van der Waals surface area contributed by atoms with Crippen molar-refractivity contribution in [2.24, 2.45) is 12.8 Å². The second-order valence-corrected chi connectivity index (χ2v) is 7.52. The molecule has 0 saturated carbocycles. The van der Waals surface area contributed by atoms with Crippen molar-refractivity contribution in [3.63, 3.8) is 0 Å². The molecule has 104 valence electrons. The van der Waals surface area contributed by atoms with E-state index >= 15 is 0 Å². The molecule has 0 spiro atoms. The van der Waals surface area contributed by atoms with E-state index in [1.165, 1.54) is 6.26 Å². The predicted octanol–water partition coefficient (Wildman–Crippen LogP) is 1.21. The van der Waals surface area contributed by atoms with Gasteiger partial charge in [-0.15, -0.1) is 0 Å². The molecule has 1 heterocycles. The molecule has 1 aromatic carbocycles. The largest absolute Gasteiger partial charge is 0.331 e. The van der Waals surface area contributed by atoms with Crippen molar-refractivity contribution in [2.75, 3.05) is 12.8 Å². The van der Waals surface area contributed by atoms with E-state index in [2.05, 4.69) is 4.98 Å². The number of imidazole rings is 1. The van der Waals surface area contributed by atoms with Gasteiger partial charge in [-0.1, -0.05) is 13.8 Å². The van der Waals surface area contributed by atoms with Gasteiger partial charge >= 0.3 is 0 Å². The van der Waals surface area contributed by atoms with Crippen molar-refractivity contribution in [3.05, 3.63) is 24.0 Å². The second kappa shape index (κ2) is 4.31. The highest BCUT2D eigenvalue weighted by Crippen LogP contribution is 2.26. The summed E-state index contributed by atoms with van der Waals surface area (Å²) < 4.78 is 25.1. The minimum absolute atomic E-state index is 0.251. The van der Waals surface area contributed by atoms with Crippen LogP contribution in [0.15, 0.2) is 23.1 Å². The number of aromatic nitrogens is 2. The fraction of sp³-hybridized carbons (Fsp3) is 0.462. The highest BCUT2D eigenvalue weighted by atomic mass is 32.2. The van der Waals surface area contributed by atoms with Gasteiger partial charge in [-0.2, -0.15) is 0 Å². The Labute approximate surface area is 113 Å². The fourth-order valence-corrected chi connectivity index (χ4v) is 2.75. The summed E-state index contributed by atoms with van der Waals surface area (Å²) in [5.74, 6) is 0.857. The van der Waals surface area contributed by atoms with Crippen LogP contribution in [0.2, 0.25) is 0 Å². The van der Waals surface area contributed by atoms with Gasteiger partial charge in [0, 0.05) is 25.3 Å². The van der Waals surface area contributed by atoms with Gasteiger partial charge < -0.3 is 10.3 Å². The Morgan fingerprint density at radius 3 is 2.53 bits per heavy atom. The van der Waals surface area contributed by atoms with Crippen LogP contribution in [0.4, 0.5) is 0 Å². The maximum atomic E-state index is 11.6. The van der Waals surface area contributed by atoms with Crippen LogP contribution in [0.1, 0.15) is 19.7 Å². The first-order chi connectivity index (χ1) is 8.66. The van der Waals surface area contributed by atoms with Crippen molar-refractivity contribution in [1.29, 1.82) is 0 Å². The van der Waals surface area contributed by atoms with E-state index in [1.807, 2.05) is 25.5 Å². The van der Waals surface area contributed by atoms with E-state index in [-0.39, 0.29) is 10.3 Å². The Balaban J connectivity index is 2.71. The summed E-state index contributed by atoms with van der Waals surface area (Å²) in [6.07, 6.45) is 1.20. The molecule has 0 radical (unpaired) electrons. The van der Waals surface area contributed by atoms with Gasteiger partial charge in [0.25, 0.3) is 0 Å². The molecule has 0 aliphatic rings. The molecule has 0 bridgehead atoms. The molecule has 19 heavy (non-hydrogen) atoms. The molecule has 5 nitrogen and oxygen atoms in total. The second-order valence-electron chi connectivity index (χ2n) is 5.51. The summed E-state index contributed by atoms with van der Waals surface area (Å²) >= 11 is 0. The standard InChI is InChI=1S/C13H19N3O2S/c1-13(2,8-14)12-15-10-7-9(19(4,17)18)5-6-11(10)16(12)3/h5-7H,8,14H2,1-4H3. The third-order valence-corrected chi connectivity index (χ3v) is 4.51. The lowest BCUT2D eigenvalue weighted by molar-refractivity contribution is 0.487. The van der Waals surface area contributed by atoms with Crippen LogP contribution in [0, 0.1) is 0 Å². The lowest BCUT2D eigenvalue weighted by Gasteiger charge is -2.21. The number of aryl methyl sites for hydroxylation is 1. The summed E-state index contributed by atoms with van der Waals surface area (Å²) in [5, 5.41) is 0. The van der Waals surface area contributed by atoms with Crippen LogP contribution in [0.25, 0.3) is 11.0 Å². The van der Waals surface area contributed by atoms with E-state index in [0.29, 0.717) is 12.1 Å². The van der Waals surface area contributed by atoms with Crippen molar-refractivity contribution in [3.8, 4) is 0 Å². The Morgan fingerprint density at radius 1 is 1.37 bits per heavy atom. The number of hydrogen-bond acceptors (Lipinski definition) is 4. The van der Waals surface area contributed by atoms with Crippen LogP contribution in [0.5, 0.6) is 0 Å². The van der Waals surface area contributed by atoms with Crippen molar-refractivity contribution in [1.82, 2.24) is 9.55 Å². The maximum absolute atomic E-state index is 11.6. The molecule has 0 saturated heterocycles. The monoisotopic (exact) mass is 281 g/mol. The number of hydrogen-bond donors (Lipinski definition) is 1. The molecular formula is C13H19N3O2S. The molecule has 0 aliphatic carbocycles. The van der Waals surface area contributed by atoms with Crippen molar-refractivity contribution in [2.45, 2.75) is 24.2 Å². The SMILES string of the molecule is Cn1c(C(C)(C)CN)nc2cc(S(C)(=O)=O)ccc21. The average Bonchev–Trinajstić information content (AvgIpc) is 2.66. The smallest absolute Gasteiger partial charge is 0.175 e. The zero-order chi connectivity index (χ0) is 14.4. The van der Waals surface area contributed by atoms with Crippen LogP contribution >= 0.6 is 0 Å². The van der Waals surface area contributed by atoms with Crippen LogP contribution in [-0.2, 0) is 22.3 Å². The number of nitrogens with two attached hydrogens (primary N) is 1. The Bertz CT molecular complexity index is 730. The van der Waals surface area contributed by atoms with E-state index in [9.17, 15) is 8.42 Å². The first-order valence-corrected chi connectivity index (χ1v) is 7.93. The van der Waals surface area contributed by atoms with Crippen LogP contribution in [-0.4, -0.2) is 30.8 Å². The first-order valence-electron chi connectivity index (χ1n) is 6.04. The third-order valence-electron chi connectivity index (χ3n) is 3.40. The van der Waals surface area contributed by atoms with E-state index in [0.717, 1.165) is 11.3 Å². The van der Waals surface area contributed by atoms with E-state index < -0.39 is 9.84 Å².